The van der Waals surface area contributed by atoms with Gasteiger partial charge in [-0.3, -0.25) is 0 Å². The van der Waals surface area contributed by atoms with E-state index in [1.165, 1.54) is 5.56 Å². The van der Waals surface area contributed by atoms with Gasteiger partial charge in [0.15, 0.2) is 6.29 Å². The van der Waals surface area contributed by atoms with Crippen LogP contribution in [0.25, 0.3) is 0 Å². The molecule has 0 radical (unpaired) electrons. The van der Waals surface area contributed by atoms with E-state index >= 15 is 0 Å². The van der Waals surface area contributed by atoms with Gasteiger partial charge in [-0.1, -0.05) is 12.1 Å². The molecule has 1 aromatic carbocycles. The molecule has 1 heterocycles. The summed E-state index contributed by atoms with van der Waals surface area (Å²) in [5.74, 6) is 0.896. The van der Waals surface area contributed by atoms with E-state index in [1.807, 2.05) is 19.1 Å². The topological polar surface area (TPSA) is 53.7 Å². The van der Waals surface area contributed by atoms with Gasteiger partial charge in [-0.15, -0.1) is 0 Å². The molecule has 0 atom stereocenters. The molecule has 4 heteroatoms. The van der Waals surface area contributed by atoms with Crippen LogP contribution in [-0.4, -0.2) is 32.7 Å². The average molecular weight is 237 g/mol. The van der Waals surface area contributed by atoms with Gasteiger partial charge >= 0.3 is 0 Å². The molecule has 0 spiro atoms. The number of ether oxygens (including phenoxy) is 3. The van der Waals surface area contributed by atoms with Crippen LogP contribution in [0.2, 0.25) is 0 Å². The molecule has 4 nitrogen and oxygen atoms in total. The van der Waals surface area contributed by atoms with E-state index in [1.54, 1.807) is 0 Å². The van der Waals surface area contributed by atoms with Crippen LogP contribution in [-0.2, 0) is 15.9 Å². The second-order valence-electron chi connectivity index (χ2n) is 4.11. The molecule has 0 saturated carbocycles. The van der Waals surface area contributed by atoms with Crippen molar-refractivity contribution in [2.24, 2.45) is 5.73 Å². The van der Waals surface area contributed by atoms with E-state index in [9.17, 15) is 0 Å². The molecule has 1 aliphatic rings. The second kappa shape index (κ2) is 6.00. The monoisotopic (exact) mass is 237 g/mol. The van der Waals surface area contributed by atoms with Crippen molar-refractivity contribution in [2.45, 2.75) is 19.6 Å². The maximum atomic E-state index is 5.52. The number of hydrogen-bond acceptors (Lipinski definition) is 4. The third kappa shape index (κ3) is 3.43. The van der Waals surface area contributed by atoms with Crippen molar-refractivity contribution < 1.29 is 14.2 Å². The number of hydrogen-bond donors (Lipinski definition) is 1. The van der Waals surface area contributed by atoms with Crippen LogP contribution < -0.4 is 10.5 Å². The summed E-state index contributed by atoms with van der Waals surface area (Å²) < 4.78 is 16.4. The van der Waals surface area contributed by atoms with Crippen molar-refractivity contribution in [3.05, 3.63) is 29.3 Å². The molecule has 1 saturated heterocycles. The first-order chi connectivity index (χ1) is 8.29. The molecule has 1 fully saturated rings. The largest absolute Gasteiger partial charge is 0.492 e. The highest BCUT2D eigenvalue weighted by Crippen LogP contribution is 2.21. The smallest absolute Gasteiger partial charge is 0.161 e. The standard InChI is InChI=1S/C13H19NO3/c1-10-8-11(9-13-16-6-7-17-13)2-3-12(10)15-5-4-14/h2-3,8,13H,4-7,9,14H2,1H3. The Morgan fingerprint density at radius 2 is 2.12 bits per heavy atom. The molecule has 0 bridgehead atoms. The third-order valence-corrected chi connectivity index (χ3v) is 2.71. The second-order valence-corrected chi connectivity index (χ2v) is 4.11. The molecule has 0 amide bonds. The first-order valence-corrected chi connectivity index (χ1v) is 5.95. The van der Waals surface area contributed by atoms with Crippen LogP contribution >= 0.6 is 0 Å². The minimum Gasteiger partial charge on any atom is -0.492 e. The summed E-state index contributed by atoms with van der Waals surface area (Å²) >= 11 is 0. The molecule has 0 aliphatic carbocycles. The predicted molar refractivity (Wildman–Crippen MR) is 65.1 cm³/mol. The fourth-order valence-corrected chi connectivity index (χ4v) is 1.89. The Balaban J connectivity index is 1.97. The SMILES string of the molecule is Cc1cc(CC2OCCO2)ccc1OCCN. The van der Waals surface area contributed by atoms with Crippen LogP contribution in [0.4, 0.5) is 0 Å². The zero-order valence-electron chi connectivity index (χ0n) is 10.1. The number of nitrogens with two attached hydrogens (primary N) is 1. The number of rotatable bonds is 5. The molecule has 94 valence electrons. The van der Waals surface area contributed by atoms with Gasteiger partial charge < -0.3 is 19.9 Å². The summed E-state index contributed by atoms with van der Waals surface area (Å²) in [6.45, 7) is 4.51. The molecule has 17 heavy (non-hydrogen) atoms. The molecule has 1 aromatic rings. The van der Waals surface area contributed by atoms with Crippen molar-refractivity contribution in [2.75, 3.05) is 26.4 Å². The molecule has 2 N–H and O–H groups in total. The molecule has 1 aliphatic heterocycles. The summed E-state index contributed by atoms with van der Waals surface area (Å²) in [7, 11) is 0. The van der Waals surface area contributed by atoms with E-state index in [0.29, 0.717) is 26.4 Å². The van der Waals surface area contributed by atoms with Crippen molar-refractivity contribution in [1.29, 1.82) is 0 Å². The van der Waals surface area contributed by atoms with Crippen LogP contribution in [0.15, 0.2) is 18.2 Å². The quantitative estimate of drug-likeness (QED) is 0.837. The Hall–Kier alpha value is -1.10. The lowest BCUT2D eigenvalue weighted by Gasteiger charge is -2.12. The Morgan fingerprint density at radius 1 is 1.35 bits per heavy atom. The maximum absolute atomic E-state index is 5.52. The summed E-state index contributed by atoms with van der Waals surface area (Å²) in [6, 6.07) is 6.13. The lowest BCUT2D eigenvalue weighted by atomic mass is 10.1. The first kappa shape index (κ1) is 12.4. The lowest BCUT2D eigenvalue weighted by Crippen LogP contribution is -2.12. The van der Waals surface area contributed by atoms with E-state index < -0.39 is 0 Å². The Bertz CT molecular complexity index is 362. The van der Waals surface area contributed by atoms with Gasteiger partial charge in [0.1, 0.15) is 12.4 Å². The van der Waals surface area contributed by atoms with Crippen molar-refractivity contribution in [3.8, 4) is 5.75 Å². The van der Waals surface area contributed by atoms with Crippen molar-refractivity contribution >= 4 is 0 Å². The normalized spacial score (nSPS) is 16.4. The Morgan fingerprint density at radius 3 is 2.76 bits per heavy atom. The summed E-state index contributed by atoms with van der Waals surface area (Å²) in [6.07, 6.45) is 0.697. The zero-order valence-corrected chi connectivity index (χ0v) is 10.1. The van der Waals surface area contributed by atoms with Crippen LogP contribution in [0.5, 0.6) is 5.75 Å². The fraction of sp³-hybridized carbons (Fsp3) is 0.538. The first-order valence-electron chi connectivity index (χ1n) is 5.95. The van der Waals surface area contributed by atoms with Crippen LogP contribution in [0.3, 0.4) is 0 Å². The van der Waals surface area contributed by atoms with Gasteiger partial charge in [-0.25, -0.2) is 0 Å². The van der Waals surface area contributed by atoms with Gasteiger partial charge in [0.2, 0.25) is 0 Å². The van der Waals surface area contributed by atoms with Crippen molar-refractivity contribution in [1.82, 2.24) is 0 Å². The lowest BCUT2D eigenvalue weighted by molar-refractivity contribution is -0.0400. The van der Waals surface area contributed by atoms with Crippen LogP contribution in [0, 0.1) is 6.92 Å². The van der Waals surface area contributed by atoms with E-state index in [0.717, 1.165) is 17.7 Å². The van der Waals surface area contributed by atoms with E-state index in [-0.39, 0.29) is 6.29 Å². The fourth-order valence-electron chi connectivity index (χ4n) is 1.89. The highest BCUT2D eigenvalue weighted by atomic mass is 16.7. The minimum atomic E-state index is -0.0924. The molecular weight excluding hydrogens is 218 g/mol. The Labute approximate surface area is 102 Å². The molecular formula is C13H19NO3. The summed E-state index contributed by atoms with van der Waals surface area (Å²) in [4.78, 5) is 0. The third-order valence-electron chi connectivity index (χ3n) is 2.71. The zero-order chi connectivity index (χ0) is 12.1. The minimum absolute atomic E-state index is 0.0924. The van der Waals surface area contributed by atoms with Gasteiger partial charge in [0.25, 0.3) is 0 Å². The average Bonchev–Trinajstić information content (AvgIpc) is 2.81. The van der Waals surface area contributed by atoms with Crippen LogP contribution in [0.1, 0.15) is 11.1 Å². The van der Waals surface area contributed by atoms with Gasteiger partial charge in [-0.05, 0) is 24.1 Å². The number of aryl methyl sites for hydroxylation is 1. The van der Waals surface area contributed by atoms with Gasteiger partial charge in [-0.2, -0.15) is 0 Å². The van der Waals surface area contributed by atoms with E-state index in [4.69, 9.17) is 19.9 Å². The molecule has 2 rings (SSSR count). The molecule has 0 unspecified atom stereocenters. The predicted octanol–water partition coefficient (Wildman–Crippen LogP) is 1.25. The van der Waals surface area contributed by atoms with Crippen molar-refractivity contribution in [3.63, 3.8) is 0 Å². The Kier molecular flexibility index (Phi) is 4.36. The maximum Gasteiger partial charge on any atom is 0.161 e. The number of benzene rings is 1. The highest BCUT2D eigenvalue weighted by molar-refractivity contribution is 5.36. The summed E-state index contributed by atoms with van der Waals surface area (Å²) in [5.41, 5.74) is 7.73. The molecule has 0 aromatic heterocycles. The highest BCUT2D eigenvalue weighted by Gasteiger charge is 2.16. The summed E-state index contributed by atoms with van der Waals surface area (Å²) in [5, 5.41) is 0. The van der Waals surface area contributed by atoms with Gasteiger partial charge in [0, 0.05) is 13.0 Å². The van der Waals surface area contributed by atoms with Gasteiger partial charge in [0.05, 0.1) is 13.2 Å². The van der Waals surface area contributed by atoms with E-state index in [2.05, 4.69) is 6.07 Å².